The molecule has 0 atom stereocenters. The van der Waals surface area contributed by atoms with Gasteiger partial charge >= 0.3 is 0 Å². The van der Waals surface area contributed by atoms with E-state index in [1.807, 2.05) is 6.07 Å². The van der Waals surface area contributed by atoms with Gasteiger partial charge in [-0.05, 0) is 24.8 Å². The van der Waals surface area contributed by atoms with Crippen molar-refractivity contribution in [2.75, 3.05) is 33.1 Å². The van der Waals surface area contributed by atoms with Crippen molar-refractivity contribution in [1.29, 1.82) is 0 Å². The molecule has 0 saturated carbocycles. The Balaban J connectivity index is 2.12. The normalized spacial score (nSPS) is 19.0. The first-order chi connectivity index (χ1) is 11.7. The Kier molecular flexibility index (Phi) is 6.61. The molecule has 1 aromatic rings. The fraction of sp³-hybridized carbons (Fsp3) is 0.625. The average molecular weight is 391 g/mol. The third kappa shape index (κ3) is 6.03. The quantitative estimate of drug-likeness (QED) is 0.713. The van der Waals surface area contributed by atoms with Gasteiger partial charge in [0.25, 0.3) is 0 Å². The summed E-state index contributed by atoms with van der Waals surface area (Å²) in [6.07, 6.45) is 2.54. The maximum Gasteiger partial charge on any atom is 0.216 e. The number of methoxy groups -OCH3 is 1. The zero-order valence-corrected chi connectivity index (χ0v) is 16.3. The van der Waals surface area contributed by atoms with E-state index in [0.717, 1.165) is 0 Å². The van der Waals surface area contributed by atoms with Gasteiger partial charge in [0, 0.05) is 32.3 Å². The molecule has 9 heteroatoms. The monoisotopic (exact) mass is 390 g/mol. The van der Waals surface area contributed by atoms with E-state index in [9.17, 15) is 16.8 Å². The van der Waals surface area contributed by atoms with Crippen LogP contribution in [0.5, 0.6) is 0 Å². The SMILES string of the molecule is COCCC1(NS(=O)(=O)Cc2ccccc2)CCN(S(C)(=O)=O)CC1. The van der Waals surface area contributed by atoms with Crippen LogP contribution < -0.4 is 4.72 Å². The van der Waals surface area contributed by atoms with Gasteiger partial charge in [-0.15, -0.1) is 0 Å². The Morgan fingerprint density at radius 2 is 1.72 bits per heavy atom. The van der Waals surface area contributed by atoms with Crippen LogP contribution in [0.2, 0.25) is 0 Å². The van der Waals surface area contributed by atoms with Crippen molar-refractivity contribution in [3.05, 3.63) is 35.9 Å². The Morgan fingerprint density at radius 1 is 1.12 bits per heavy atom. The first-order valence-electron chi connectivity index (χ1n) is 8.15. The van der Waals surface area contributed by atoms with Crippen LogP contribution in [0, 0.1) is 0 Å². The van der Waals surface area contributed by atoms with Gasteiger partial charge in [-0.25, -0.2) is 25.9 Å². The highest BCUT2D eigenvalue weighted by Gasteiger charge is 2.39. The van der Waals surface area contributed by atoms with Crippen LogP contribution in [0.15, 0.2) is 30.3 Å². The van der Waals surface area contributed by atoms with Crippen LogP contribution in [0.1, 0.15) is 24.8 Å². The number of hydrogen-bond acceptors (Lipinski definition) is 5. The number of rotatable bonds is 8. The Morgan fingerprint density at radius 3 is 2.24 bits per heavy atom. The Bertz CT molecular complexity index is 755. The molecular formula is C16H26N2O5S2. The molecule has 7 nitrogen and oxygen atoms in total. The van der Waals surface area contributed by atoms with Crippen molar-refractivity contribution in [3.63, 3.8) is 0 Å². The van der Waals surface area contributed by atoms with Gasteiger partial charge in [-0.2, -0.15) is 0 Å². The summed E-state index contributed by atoms with van der Waals surface area (Å²) < 4.78 is 58.0. The smallest absolute Gasteiger partial charge is 0.216 e. The van der Waals surface area contributed by atoms with Crippen LogP contribution in [-0.4, -0.2) is 59.7 Å². The molecule has 1 aliphatic rings. The molecule has 0 aromatic heterocycles. The lowest BCUT2D eigenvalue weighted by molar-refractivity contribution is 0.132. The van der Waals surface area contributed by atoms with E-state index in [4.69, 9.17) is 4.74 Å². The third-order valence-electron chi connectivity index (χ3n) is 4.50. The summed E-state index contributed by atoms with van der Waals surface area (Å²) in [5.41, 5.74) is 0.0376. The van der Waals surface area contributed by atoms with E-state index in [2.05, 4.69) is 4.72 Å². The van der Waals surface area contributed by atoms with Crippen molar-refractivity contribution in [2.45, 2.75) is 30.6 Å². The minimum absolute atomic E-state index is 0.0988. The van der Waals surface area contributed by atoms with E-state index in [1.165, 1.54) is 10.6 Å². The number of sulfonamides is 2. The number of benzene rings is 1. The largest absolute Gasteiger partial charge is 0.385 e. The lowest BCUT2D eigenvalue weighted by atomic mass is 9.86. The maximum absolute atomic E-state index is 12.6. The highest BCUT2D eigenvalue weighted by molar-refractivity contribution is 7.88. The van der Waals surface area contributed by atoms with Crippen LogP contribution in [-0.2, 0) is 30.5 Å². The highest BCUT2D eigenvalue weighted by Crippen LogP contribution is 2.28. The minimum Gasteiger partial charge on any atom is -0.385 e. The number of hydrogen-bond donors (Lipinski definition) is 1. The minimum atomic E-state index is -3.55. The summed E-state index contributed by atoms with van der Waals surface area (Å²) in [5, 5.41) is 0. The zero-order chi connectivity index (χ0) is 18.6. The van der Waals surface area contributed by atoms with E-state index in [1.54, 1.807) is 31.4 Å². The number of ether oxygens (including phenoxy) is 1. The second-order valence-electron chi connectivity index (χ2n) is 6.53. The van der Waals surface area contributed by atoms with Crippen LogP contribution in [0.25, 0.3) is 0 Å². The molecule has 2 rings (SSSR count). The predicted molar refractivity (Wildman–Crippen MR) is 97.1 cm³/mol. The first-order valence-corrected chi connectivity index (χ1v) is 11.7. The van der Waals surface area contributed by atoms with Crippen molar-refractivity contribution in [1.82, 2.24) is 9.03 Å². The summed E-state index contributed by atoms with van der Waals surface area (Å²) in [4.78, 5) is 0. The zero-order valence-electron chi connectivity index (χ0n) is 14.6. The van der Waals surface area contributed by atoms with E-state index < -0.39 is 25.6 Å². The van der Waals surface area contributed by atoms with Crippen molar-refractivity contribution in [3.8, 4) is 0 Å². The molecule has 142 valence electrons. The molecule has 0 unspecified atom stereocenters. The maximum atomic E-state index is 12.6. The molecule has 1 saturated heterocycles. The van der Waals surface area contributed by atoms with Gasteiger partial charge in [0.1, 0.15) is 0 Å². The Hall–Kier alpha value is -1.00. The molecule has 0 bridgehead atoms. The summed E-state index contributed by atoms with van der Waals surface area (Å²) in [6, 6.07) is 8.98. The Labute approximate surface area is 150 Å². The van der Waals surface area contributed by atoms with Gasteiger partial charge in [-0.1, -0.05) is 30.3 Å². The van der Waals surface area contributed by atoms with Gasteiger partial charge < -0.3 is 4.74 Å². The van der Waals surface area contributed by atoms with Gasteiger partial charge in [0.05, 0.1) is 12.0 Å². The lowest BCUT2D eigenvalue weighted by Gasteiger charge is -2.41. The number of nitrogens with one attached hydrogen (secondary N) is 1. The van der Waals surface area contributed by atoms with Gasteiger partial charge in [0.15, 0.2) is 0 Å². The van der Waals surface area contributed by atoms with Crippen LogP contribution in [0.3, 0.4) is 0 Å². The van der Waals surface area contributed by atoms with Gasteiger partial charge in [0.2, 0.25) is 20.0 Å². The van der Waals surface area contributed by atoms with Gasteiger partial charge in [-0.3, -0.25) is 0 Å². The van der Waals surface area contributed by atoms with E-state index in [-0.39, 0.29) is 5.75 Å². The fourth-order valence-corrected chi connectivity index (χ4v) is 5.62. The molecule has 0 spiro atoms. The molecule has 0 amide bonds. The van der Waals surface area contributed by atoms with Crippen molar-refractivity contribution in [2.24, 2.45) is 0 Å². The van der Waals surface area contributed by atoms with E-state index >= 15 is 0 Å². The van der Waals surface area contributed by atoms with Crippen molar-refractivity contribution < 1.29 is 21.6 Å². The van der Waals surface area contributed by atoms with E-state index in [0.29, 0.717) is 44.5 Å². The highest BCUT2D eigenvalue weighted by atomic mass is 32.2. The number of nitrogens with zero attached hydrogens (tertiary/aromatic N) is 1. The summed E-state index contributed by atoms with van der Waals surface area (Å²) in [6.45, 7) is 1.01. The predicted octanol–water partition coefficient (Wildman–Crippen LogP) is 0.937. The molecule has 1 fully saturated rings. The molecule has 1 N–H and O–H groups in total. The molecule has 0 aliphatic carbocycles. The first kappa shape index (κ1) is 20.3. The second-order valence-corrected chi connectivity index (χ2v) is 10.2. The molecule has 1 aromatic carbocycles. The third-order valence-corrected chi connectivity index (χ3v) is 7.27. The molecule has 1 aliphatic heterocycles. The molecule has 1 heterocycles. The lowest BCUT2D eigenvalue weighted by Crippen LogP contribution is -2.56. The summed E-state index contributed by atoms with van der Waals surface area (Å²) in [5.74, 6) is -0.0988. The fourth-order valence-electron chi connectivity index (χ4n) is 3.11. The molecule has 0 radical (unpaired) electrons. The van der Waals surface area contributed by atoms with Crippen molar-refractivity contribution >= 4 is 20.0 Å². The second kappa shape index (κ2) is 8.13. The topological polar surface area (TPSA) is 92.8 Å². The molecule has 25 heavy (non-hydrogen) atoms. The summed E-state index contributed by atoms with van der Waals surface area (Å²) >= 11 is 0. The average Bonchev–Trinajstić information content (AvgIpc) is 2.52. The standard InChI is InChI=1S/C16H26N2O5S2/c1-23-13-10-16(8-11-18(12-9-16)24(2,19)20)17-25(21,22)14-15-6-4-3-5-7-15/h3-7,17H,8-14H2,1-2H3. The van der Waals surface area contributed by atoms with Crippen LogP contribution in [0.4, 0.5) is 0 Å². The van der Waals surface area contributed by atoms with Crippen LogP contribution >= 0.6 is 0 Å². The summed E-state index contributed by atoms with van der Waals surface area (Å²) in [7, 11) is -5.25. The molecular weight excluding hydrogens is 364 g/mol. The number of piperidine rings is 1.